The standard InChI is InChI=1S/C9H13FNO/c10-9-3-6-1-7(4-9)11(12)8(2-6)5-9/h6-8H,1-5H2/q-1. The number of rotatable bonds is 0. The first-order valence-electron chi connectivity index (χ1n) is 4.81. The van der Waals surface area contributed by atoms with Crippen LogP contribution in [0.4, 0.5) is 4.39 Å². The lowest BCUT2D eigenvalue weighted by atomic mass is 9.63. The van der Waals surface area contributed by atoms with Crippen molar-refractivity contribution in [2.45, 2.75) is 49.9 Å². The molecule has 0 radical (unpaired) electrons. The molecule has 3 heteroatoms. The zero-order valence-electron chi connectivity index (χ0n) is 7.00. The highest BCUT2D eigenvalue weighted by molar-refractivity contribution is 5.08. The molecule has 2 unspecified atom stereocenters. The van der Waals surface area contributed by atoms with Gasteiger partial charge in [-0.1, -0.05) is 0 Å². The molecular formula is C9H13FNO-. The van der Waals surface area contributed by atoms with Crippen LogP contribution in [0.2, 0.25) is 0 Å². The van der Waals surface area contributed by atoms with Crippen molar-refractivity contribution in [3.63, 3.8) is 0 Å². The predicted octanol–water partition coefficient (Wildman–Crippen LogP) is 1.84. The second kappa shape index (κ2) is 2.02. The Morgan fingerprint density at radius 1 is 1.17 bits per heavy atom. The predicted molar refractivity (Wildman–Crippen MR) is 43.2 cm³/mol. The van der Waals surface area contributed by atoms with Crippen LogP contribution in [0.5, 0.6) is 0 Å². The van der Waals surface area contributed by atoms with Crippen LogP contribution in [0.1, 0.15) is 32.1 Å². The number of hydrogen-bond acceptors (Lipinski definition) is 2. The fourth-order valence-corrected chi connectivity index (χ4v) is 3.50. The second-order valence-electron chi connectivity index (χ2n) is 4.77. The van der Waals surface area contributed by atoms with Crippen molar-refractivity contribution >= 4 is 0 Å². The topological polar surface area (TPSA) is 26.3 Å². The average Bonchev–Trinajstić information content (AvgIpc) is 1.96. The van der Waals surface area contributed by atoms with Crippen LogP contribution in [-0.4, -0.2) is 22.8 Å². The molecule has 2 aliphatic carbocycles. The minimum Gasteiger partial charge on any atom is -0.785 e. The zero-order valence-corrected chi connectivity index (χ0v) is 7.00. The molecule has 2 nitrogen and oxygen atoms in total. The lowest BCUT2D eigenvalue weighted by Gasteiger charge is -2.61. The van der Waals surface area contributed by atoms with E-state index in [1.165, 1.54) is 5.06 Å². The molecule has 2 heterocycles. The summed E-state index contributed by atoms with van der Waals surface area (Å²) in [5.74, 6) is 0.512. The molecule has 4 fully saturated rings. The highest BCUT2D eigenvalue weighted by Gasteiger charge is 2.52. The van der Waals surface area contributed by atoms with Crippen LogP contribution in [0.3, 0.4) is 0 Å². The first-order chi connectivity index (χ1) is 5.66. The molecule has 0 amide bonds. The van der Waals surface area contributed by atoms with Crippen LogP contribution in [0.25, 0.3) is 0 Å². The number of piperidine rings is 2. The van der Waals surface area contributed by atoms with Gasteiger partial charge in [0.25, 0.3) is 0 Å². The number of alkyl halides is 1. The van der Waals surface area contributed by atoms with Crippen LogP contribution in [0, 0.1) is 11.1 Å². The van der Waals surface area contributed by atoms with Gasteiger partial charge in [0, 0.05) is 12.1 Å². The molecule has 4 rings (SSSR count). The average molecular weight is 170 g/mol. The van der Waals surface area contributed by atoms with E-state index in [1.807, 2.05) is 0 Å². The van der Waals surface area contributed by atoms with E-state index in [9.17, 15) is 9.60 Å². The minimum absolute atomic E-state index is 0.0150. The SMILES string of the molecule is [O-]N1C2CC3CC1CC(F)(C3)C2. The summed E-state index contributed by atoms with van der Waals surface area (Å²) in [4.78, 5) is 0. The lowest BCUT2D eigenvalue weighted by Crippen LogP contribution is -2.61. The van der Waals surface area contributed by atoms with E-state index in [-0.39, 0.29) is 12.1 Å². The Hall–Kier alpha value is -0.150. The highest BCUT2D eigenvalue weighted by atomic mass is 19.1. The van der Waals surface area contributed by atoms with E-state index in [4.69, 9.17) is 0 Å². The van der Waals surface area contributed by atoms with Crippen molar-refractivity contribution < 1.29 is 4.39 Å². The largest absolute Gasteiger partial charge is 0.785 e. The summed E-state index contributed by atoms with van der Waals surface area (Å²) in [5.41, 5.74) is -0.961. The van der Waals surface area contributed by atoms with Gasteiger partial charge in [-0.2, -0.15) is 0 Å². The molecule has 2 saturated heterocycles. The van der Waals surface area contributed by atoms with Crippen LogP contribution in [-0.2, 0) is 0 Å². The summed E-state index contributed by atoms with van der Waals surface area (Å²) in [5, 5.41) is 12.6. The van der Waals surface area contributed by atoms with E-state index < -0.39 is 5.67 Å². The second-order valence-corrected chi connectivity index (χ2v) is 4.77. The summed E-state index contributed by atoms with van der Waals surface area (Å²) >= 11 is 0. The molecule has 0 aromatic carbocycles. The Morgan fingerprint density at radius 3 is 2.25 bits per heavy atom. The van der Waals surface area contributed by atoms with Crippen molar-refractivity contribution in [3.05, 3.63) is 5.21 Å². The highest BCUT2D eigenvalue weighted by Crippen LogP contribution is 2.52. The van der Waals surface area contributed by atoms with Gasteiger partial charge in [0.2, 0.25) is 0 Å². The quantitative estimate of drug-likeness (QED) is 0.554. The Morgan fingerprint density at radius 2 is 1.75 bits per heavy atom. The van der Waals surface area contributed by atoms with Gasteiger partial charge in [-0.3, -0.25) is 0 Å². The first-order valence-corrected chi connectivity index (χ1v) is 4.81. The number of hydroxylamine groups is 2. The third-order valence-corrected chi connectivity index (χ3v) is 3.79. The smallest absolute Gasteiger partial charge is 0.114 e. The maximum atomic E-state index is 13.9. The normalized spacial score (nSPS) is 58.0. The van der Waals surface area contributed by atoms with Gasteiger partial charge in [-0.25, -0.2) is 4.39 Å². The van der Waals surface area contributed by atoms with Gasteiger partial charge in [0.05, 0.1) is 0 Å². The molecule has 0 aromatic rings. The third-order valence-electron chi connectivity index (χ3n) is 3.79. The molecule has 4 aliphatic rings. The molecular weight excluding hydrogens is 157 g/mol. The Labute approximate surface area is 71.3 Å². The van der Waals surface area contributed by atoms with Gasteiger partial charge in [-0.05, 0) is 38.0 Å². The molecule has 68 valence electrons. The van der Waals surface area contributed by atoms with Crippen molar-refractivity contribution in [2.75, 3.05) is 0 Å². The summed E-state index contributed by atoms with van der Waals surface area (Å²) in [6.07, 6.45) is 3.64. The van der Waals surface area contributed by atoms with E-state index >= 15 is 0 Å². The Balaban J connectivity index is 1.95. The summed E-state index contributed by atoms with van der Waals surface area (Å²) in [7, 11) is 0. The van der Waals surface area contributed by atoms with Gasteiger partial charge < -0.3 is 10.3 Å². The van der Waals surface area contributed by atoms with Crippen molar-refractivity contribution in [1.29, 1.82) is 0 Å². The fourth-order valence-electron chi connectivity index (χ4n) is 3.50. The number of halogens is 1. The first kappa shape index (κ1) is 7.27. The third kappa shape index (κ3) is 0.811. The molecule has 0 spiro atoms. The fraction of sp³-hybridized carbons (Fsp3) is 1.00. The number of hydrogen-bond donors (Lipinski definition) is 0. The number of nitrogens with zero attached hydrogens (tertiary/aromatic N) is 1. The summed E-state index contributed by atoms with van der Waals surface area (Å²) < 4.78 is 13.9. The van der Waals surface area contributed by atoms with Crippen molar-refractivity contribution in [1.82, 2.24) is 5.06 Å². The van der Waals surface area contributed by atoms with Crippen LogP contribution < -0.4 is 0 Å². The molecule has 2 saturated carbocycles. The van der Waals surface area contributed by atoms with E-state index in [1.54, 1.807) is 0 Å². The van der Waals surface area contributed by atoms with Crippen LogP contribution in [0.15, 0.2) is 0 Å². The molecule has 2 aliphatic heterocycles. The molecule has 0 N–H and O–H groups in total. The summed E-state index contributed by atoms with van der Waals surface area (Å²) in [6.45, 7) is 0. The summed E-state index contributed by atoms with van der Waals surface area (Å²) in [6, 6.07) is 0.0301. The van der Waals surface area contributed by atoms with E-state index in [0.29, 0.717) is 18.8 Å². The molecule has 2 atom stereocenters. The molecule has 12 heavy (non-hydrogen) atoms. The minimum atomic E-state index is -0.961. The van der Waals surface area contributed by atoms with Gasteiger partial charge >= 0.3 is 0 Å². The molecule has 4 bridgehead atoms. The maximum Gasteiger partial charge on any atom is 0.114 e. The van der Waals surface area contributed by atoms with Crippen molar-refractivity contribution in [3.8, 4) is 0 Å². The maximum absolute atomic E-state index is 13.9. The van der Waals surface area contributed by atoms with E-state index in [2.05, 4.69) is 0 Å². The zero-order chi connectivity index (χ0) is 8.34. The monoisotopic (exact) mass is 170 g/mol. The lowest BCUT2D eigenvalue weighted by molar-refractivity contribution is -0.100. The van der Waals surface area contributed by atoms with Crippen molar-refractivity contribution in [2.24, 2.45) is 5.92 Å². The van der Waals surface area contributed by atoms with Gasteiger partial charge in [0.1, 0.15) is 5.67 Å². The van der Waals surface area contributed by atoms with Gasteiger partial charge in [-0.15, -0.1) is 0 Å². The Bertz CT molecular complexity index is 205. The van der Waals surface area contributed by atoms with E-state index in [0.717, 1.165) is 19.3 Å². The Kier molecular flexibility index (Phi) is 1.22. The molecule has 0 aromatic heterocycles. The van der Waals surface area contributed by atoms with Gasteiger partial charge in [0.15, 0.2) is 0 Å². The van der Waals surface area contributed by atoms with Crippen LogP contribution >= 0.6 is 0 Å².